The van der Waals surface area contributed by atoms with Gasteiger partial charge in [0.1, 0.15) is 0 Å². The number of hydrogen-bond donors (Lipinski definition) is 2. The molecule has 2 heterocycles. The number of likely N-dealkylation sites (N-methyl/N-ethyl adjacent to an activating group) is 1. The molecule has 9 heteroatoms. The Labute approximate surface area is 183 Å². The van der Waals surface area contributed by atoms with E-state index in [4.69, 9.17) is 14.2 Å². The van der Waals surface area contributed by atoms with Crippen molar-refractivity contribution in [3.63, 3.8) is 0 Å². The first kappa shape index (κ1) is 22.9. The summed E-state index contributed by atoms with van der Waals surface area (Å²) in [6, 6.07) is 3.49. The van der Waals surface area contributed by atoms with Crippen LogP contribution in [-0.2, 0) is 0 Å². The summed E-state index contributed by atoms with van der Waals surface area (Å²) in [6.07, 6.45) is 2.02. The molecule has 1 atom stereocenters. The average molecular weight is 434 g/mol. The second-order valence-electron chi connectivity index (χ2n) is 8.86. The predicted molar refractivity (Wildman–Crippen MR) is 119 cm³/mol. The molecule has 1 aromatic carbocycles. The predicted octanol–water partition coefficient (Wildman–Crippen LogP) is 4.06. The maximum atomic E-state index is 14.6. The van der Waals surface area contributed by atoms with Crippen molar-refractivity contribution in [3.05, 3.63) is 24.1 Å². The molecule has 0 aliphatic carbocycles. The van der Waals surface area contributed by atoms with Gasteiger partial charge in [0.15, 0.2) is 23.1 Å². The zero-order valence-electron chi connectivity index (χ0n) is 19.5. The summed E-state index contributed by atoms with van der Waals surface area (Å²) in [5.74, 6) is 1.37. The maximum absolute atomic E-state index is 14.6. The summed E-state index contributed by atoms with van der Waals surface area (Å²) >= 11 is 0. The van der Waals surface area contributed by atoms with Crippen molar-refractivity contribution >= 4 is 17.5 Å². The summed E-state index contributed by atoms with van der Waals surface area (Å²) in [4.78, 5) is 10.8. The third-order valence-electron chi connectivity index (χ3n) is 6.30. The molecule has 1 saturated heterocycles. The number of likely N-dealkylation sites (tertiary alicyclic amines) is 1. The summed E-state index contributed by atoms with van der Waals surface area (Å²) in [5.41, 5.74) is 0.432. The number of halogens is 1. The fourth-order valence-corrected chi connectivity index (χ4v) is 4.10. The number of benzene rings is 1. The van der Waals surface area contributed by atoms with E-state index in [1.165, 1.54) is 7.11 Å². The number of rotatable bonds is 7. The lowest BCUT2D eigenvalue weighted by atomic mass is 9.94. The van der Waals surface area contributed by atoms with Gasteiger partial charge in [0.25, 0.3) is 0 Å². The van der Waals surface area contributed by atoms with E-state index in [1.807, 2.05) is 0 Å². The zero-order chi connectivity index (χ0) is 23.0. The molecule has 170 valence electrons. The summed E-state index contributed by atoms with van der Waals surface area (Å²) in [7, 11) is 6.71. The number of methoxy groups -OCH3 is 3. The molecular weight excluding hydrogens is 401 g/mol. The SMILES string of the molecule is COc1cc(Nc2ncc(F)c(NC3CC(C)(C)N(C)C3(C)C)n2)cc(OC)c1OC. The van der Waals surface area contributed by atoms with E-state index < -0.39 is 5.82 Å². The standard InChI is InChI=1S/C22H32FN5O3/c1-21(2)11-17(22(3,4)28(21)5)26-19-14(23)12-24-20(27-19)25-13-9-15(29-6)18(31-8)16(10-13)30-7/h9-10,12,17H,11H2,1-8H3,(H2,24,25,26,27). The summed E-state index contributed by atoms with van der Waals surface area (Å²) in [5, 5.41) is 6.39. The third kappa shape index (κ3) is 4.32. The van der Waals surface area contributed by atoms with Crippen LogP contribution in [0.1, 0.15) is 34.1 Å². The highest BCUT2D eigenvalue weighted by molar-refractivity contribution is 5.66. The highest BCUT2D eigenvalue weighted by Crippen LogP contribution is 2.42. The molecule has 1 aromatic heterocycles. The minimum atomic E-state index is -0.501. The van der Waals surface area contributed by atoms with Crippen LogP contribution in [0.4, 0.5) is 21.8 Å². The van der Waals surface area contributed by atoms with E-state index >= 15 is 0 Å². The van der Waals surface area contributed by atoms with Crippen LogP contribution in [0.3, 0.4) is 0 Å². The summed E-state index contributed by atoms with van der Waals surface area (Å²) in [6.45, 7) is 8.66. The van der Waals surface area contributed by atoms with Gasteiger partial charge in [0, 0.05) is 34.9 Å². The van der Waals surface area contributed by atoms with E-state index in [2.05, 4.69) is 60.2 Å². The van der Waals surface area contributed by atoms with Crippen molar-refractivity contribution in [1.82, 2.24) is 14.9 Å². The van der Waals surface area contributed by atoms with E-state index in [-0.39, 0.29) is 28.9 Å². The second-order valence-corrected chi connectivity index (χ2v) is 8.86. The molecule has 1 fully saturated rings. The zero-order valence-corrected chi connectivity index (χ0v) is 19.5. The minimum absolute atomic E-state index is 0.0119. The quantitative estimate of drug-likeness (QED) is 0.677. The Morgan fingerprint density at radius 1 is 1.06 bits per heavy atom. The largest absolute Gasteiger partial charge is 0.493 e. The first-order valence-electron chi connectivity index (χ1n) is 10.1. The Morgan fingerprint density at radius 3 is 2.16 bits per heavy atom. The molecule has 1 unspecified atom stereocenters. The Balaban J connectivity index is 1.87. The first-order valence-corrected chi connectivity index (χ1v) is 10.1. The topological polar surface area (TPSA) is 80.8 Å². The molecule has 2 aromatic rings. The van der Waals surface area contributed by atoms with Crippen molar-refractivity contribution in [1.29, 1.82) is 0 Å². The van der Waals surface area contributed by atoms with Crippen LogP contribution in [0.25, 0.3) is 0 Å². The van der Waals surface area contributed by atoms with Gasteiger partial charge >= 0.3 is 0 Å². The fourth-order valence-electron chi connectivity index (χ4n) is 4.10. The van der Waals surface area contributed by atoms with Crippen LogP contribution in [0.15, 0.2) is 18.3 Å². The van der Waals surface area contributed by atoms with E-state index in [0.29, 0.717) is 22.9 Å². The van der Waals surface area contributed by atoms with Gasteiger partial charge in [-0.25, -0.2) is 9.37 Å². The number of anilines is 3. The van der Waals surface area contributed by atoms with Gasteiger partial charge in [-0.05, 0) is 41.2 Å². The van der Waals surface area contributed by atoms with Crippen LogP contribution in [0.5, 0.6) is 17.2 Å². The van der Waals surface area contributed by atoms with Crippen LogP contribution in [0.2, 0.25) is 0 Å². The smallest absolute Gasteiger partial charge is 0.229 e. The van der Waals surface area contributed by atoms with Gasteiger partial charge in [0.05, 0.1) is 27.5 Å². The third-order valence-corrected chi connectivity index (χ3v) is 6.30. The maximum Gasteiger partial charge on any atom is 0.229 e. The molecule has 8 nitrogen and oxygen atoms in total. The number of nitrogens with zero attached hydrogens (tertiary/aromatic N) is 3. The highest BCUT2D eigenvalue weighted by atomic mass is 19.1. The van der Waals surface area contributed by atoms with Crippen molar-refractivity contribution in [2.75, 3.05) is 39.0 Å². The lowest BCUT2D eigenvalue weighted by molar-refractivity contribution is 0.112. The first-order chi connectivity index (χ1) is 14.5. The van der Waals surface area contributed by atoms with Gasteiger partial charge in [0.2, 0.25) is 11.7 Å². The lowest BCUT2D eigenvalue weighted by Crippen LogP contribution is -2.49. The Kier molecular flexibility index (Phi) is 6.18. The molecule has 1 aliphatic heterocycles. The molecule has 1 aliphatic rings. The molecular formula is C22H32FN5O3. The van der Waals surface area contributed by atoms with E-state index in [0.717, 1.165) is 12.6 Å². The monoisotopic (exact) mass is 433 g/mol. The Bertz CT molecular complexity index is 926. The van der Waals surface area contributed by atoms with Crippen molar-refractivity contribution in [3.8, 4) is 17.2 Å². The van der Waals surface area contributed by atoms with Crippen molar-refractivity contribution in [2.45, 2.75) is 51.2 Å². The van der Waals surface area contributed by atoms with E-state index in [9.17, 15) is 4.39 Å². The molecule has 2 N–H and O–H groups in total. The molecule has 0 saturated carbocycles. The highest BCUT2D eigenvalue weighted by Gasteiger charge is 2.49. The molecule has 3 rings (SSSR count). The molecule has 0 bridgehead atoms. The van der Waals surface area contributed by atoms with Gasteiger partial charge < -0.3 is 24.8 Å². The Morgan fingerprint density at radius 2 is 1.68 bits per heavy atom. The molecule has 0 radical (unpaired) electrons. The van der Waals surface area contributed by atoms with Crippen molar-refractivity contribution in [2.24, 2.45) is 0 Å². The molecule has 0 spiro atoms. The van der Waals surface area contributed by atoms with E-state index in [1.54, 1.807) is 26.4 Å². The normalized spacial score (nSPS) is 19.7. The molecule has 0 amide bonds. The second kappa shape index (κ2) is 8.37. The van der Waals surface area contributed by atoms with Crippen LogP contribution in [0, 0.1) is 5.82 Å². The van der Waals surface area contributed by atoms with Crippen LogP contribution >= 0.6 is 0 Å². The average Bonchev–Trinajstić information content (AvgIpc) is 2.88. The van der Waals surface area contributed by atoms with Gasteiger partial charge in [-0.2, -0.15) is 4.98 Å². The lowest BCUT2D eigenvalue weighted by Gasteiger charge is -2.38. The number of aromatic nitrogens is 2. The number of hydrogen-bond acceptors (Lipinski definition) is 8. The van der Waals surface area contributed by atoms with Crippen molar-refractivity contribution < 1.29 is 18.6 Å². The minimum Gasteiger partial charge on any atom is -0.493 e. The summed E-state index contributed by atoms with van der Waals surface area (Å²) < 4.78 is 30.7. The molecule has 31 heavy (non-hydrogen) atoms. The van der Waals surface area contributed by atoms with Crippen LogP contribution in [-0.4, -0.2) is 60.4 Å². The number of nitrogens with one attached hydrogen (secondary N) is 2. The van der Waals surface area contributed by atoms with Crippen LogP contribution < -0.4 is 24.8 Å². The number of ether oxygens (including phenoxy) is 3. The fraction of sp³-hybridized carbons (Fsp3) is 0.545. The van der Waals surface area contributed by atoms with Gasteiger partial charge in [-0.3, -0.25) is 4.90 Å². The van der Waals surface area contributed by atoms with Gasteiger partial charge in [-0.15, -0.1) is 0 Å². The van der Waals surface area contributed by atoms with Gasteiger partial charge in [-0.1, -0.05) is 0 Å². The Hall–Kier alpha value is -2.81.